The number of hydrogen-bond acceptors (Lipinski definition) is 2. The lowest BCUT2D eigenvalue weighted by Crippen LogP contribution is -2.25. The number of alkyl halides is 1. The number of benzene rings is 1. The van der Waals surface area contributed by atoms with Gasteiger partial charge in [0, 0.05) is 5.56 Å². The second-order valence-corrected chi connectivity index (χ2v) is 2.05. The van der Waals surface area contributed by atoms with Gasteiger partial charge in [0.15, 0.2) is 6.30 Å². The lowest BCUT2D eigenvalue weighted by Gasteiger charge is -2.06. The molecular formula is C7H8F2N2. The zero-order valence-electron chi connectivity index (χ0n) is 5.72. The van der Waals surface area contributed by atoms with Gasteiger partial charge < -0.3 is 0 Å². The normalized spacial score (nSPS) is 13.0. The zero-order chi connectivity index (χ0) is 8.27. The summed E-state index contributed by atoms with van der Waals surface area (Å²) >= 11 is 0. The smallest absolute Gasteiger partial charge is 0.191 e. The Bertz CT molecular complexity index is 240. The average molecular weight is 158 g/mol. The molecule has 0 saturated heterocycles. The van der Waals surface area contributed by atoms with Gasteiger partial charge in [-0.3, -0.25) is 5.84 Å². The molecule has 0 radical (unpaired) electrons. The largest absolute Gasteiger partial charge is 0.269 e. The van der Waals surface area contributed by atoms with E-state index < -0.39 is 12.1 Å². The van der Waals surface area contributed by atoms with E-state index in [1.165, 1.54) is 18.2 Å². The summed E-state index contributed by atoms with van der Waals surface area (Å²) in [6.07, 6.45) is -1.64. The molecule has 11 heavy (non-hydrogen) atoms. The van der Waals surface area contributed by atoms with E-state index >= 15 is 0 Å². The predicted molar refractivity (Wildman–Crippen MR) is 37.6 cm³/mol. The highest BCUT2D eigenvalue weighted by Crippen LogP contribution is 2.16. The van der Waals surface area contributed by atoms with Crippen LogP contribution in [0.1, 0.15) is 11.9 Å². The van der Waals surface area contributed by atoms with Gasteiger partial charge in [-0.05, 0) is 6.07 Å². The number of hydrazine groups is 1. The predicted octanol–water partition coefficient (Wildman–Crippen LogP) is 1.26. The van der Waals surface area contributed by atoms with Crippen LogP contribution in [0.4, 0.5) is 8.78 Å². The molecule has 0 amide bonds. The van der Waals surface area contributed by atoms with Crippen LogP contribution in [0.15, 0.2) is 24.3 Å². The molecule has 0 aliphatic rings. The first kappa shape index (κ1) is 8.10. The number of nitrogens with two attached hydrogens (primary N) is 1. The van der Waals surface area contributed by atoms with Crippen LogP contribution in [-0.2, 0) is 0 Å². The second kappa shape index (κ2) is 3.41. The Labute approximate surface area is 63.0 Å². The van der Waals surface area contributed by atoms with Crippen molar-refractivity contribution < 1.29 is 8.78 Å². The van der Waals surface area contributed by atoms with E-state index in [2.05, 4.69) is 0 Å². The van der Waals surface area contributed by atoms with Crippen molar-refractivity contribution in [1.82, 2.24) is 5.43 Å². The number of halogens is 2. The first-order chi connectivity index (χ1) is 5.25. The summed E-state index contributed by atoms with van der Waals surface area (Å²) in [6, 6.07) is 5.55. The molecule has 0 fully saturated rings. The molecule has 1 unspecified atom stereocenters. The number of hydrogen-bond donors (Lipinski definition) is 2. The summed E-state index contributed by atoms with van der Waals surface area (Å²) in [4.78, 5) is 0. The van der Waals surface area contributed by atoms with Crippen LogP contribution in [-0.4, -0.2) is 0 Å². The van der Waals surface area contributed by atoms with Crippen molar-refractivity contribution in [1.29, 1.82) is 0 Å². The fraction of sp³-hybridized carbons (Fsp3) is 0.143. The van der Waals surface area contributed by atoms with E-state index in [-0.39, 0.29) is 5.56 Å². The molecule has 3 N–H and O–H groups in total. The van der Waals surface area contributed by atoms with Gasteiger partial charge in [-0.15, -0.1) is 0 Å². The highest BCUT2D eigenvalue weighted by atomic mass is 19.1. The molecule has 0 aromatic heterocycles. The Balaban J connectivity index is 2.93. The molecule has 0 saturated carbocycles. The monoisotopic (exact) mass is 158 g/mol. The van der Waals surface area contributed by atoms with Gasteiger partial charge >= 0.3 is 0 Å². The molecule has 1 rings (SSSR count). The van der Waals surface area contributed by atoms with E-state index in [4.69, 9.17) is 5.84 Å². The van der Waals surface area contributed by atoms with Crippen LogP contribution in [0.25, 0.3) is 0 Å². The maximum atomic E-state index is 12.7. The van der Waals surface area contributed by atoms with Crippen LogP contribution >= 0.6 is 0 Å². The lowest BCUT2D eigenvalue weighted by molar-refractivity contribution is 0.276. The molecule has 2 nitrogen and oxygen atoms in total. The van der Waals surface area contributed by atoms with E-state index in [1.54, 1.807) is 6.07 Å². The summed E-state index contributed by atoms with van der Waals surface area (Å²) in [7, 11) is 0. The van der Waals surface area contributed by atoms with Crippen molar-refractivity contribution in [2.24, 2.45) is 5.84 Å². The van der Waals surface area contributed by atoms with Gasteiger partial charge in [-0.25, -0.2) is 14.2 Å². The van der Waals surface area contributed by atoms with Crippen molar-refractivity contribution in [2.75, 3.05) is 0 Å². The molecule has 0 bridgehead atoms. The Hall–Kier alpha value is -1.00. The molecule has 4 heteroatoms. The van der Waals surface area contributed by atoms with Gasteiger partial charge in [0.25, 0.3) is 0 Å². The summed E-state index contributed by atoms with van der Waals surface area (Å²) < 4.78 is 25.3. The average Bonchev–Trinajstić information content (AvgIpc) is 2.04. The third kappa shape index (κ3) is 1.72. The van der Waals surface area contributed by atoms with Crippen LogP contribution < -0.4 is 11.3 Å². The van der Waals surface area contributed by atoms with E-state index in [0.717, 1.165) is 0 Å². The summed E-state index contributed by atoms with van der Waals surface area (Å²) in [5.74, 6) is 4.18. The fourth-order valence-corrected chi connectivity index (χ4v) is 0.770. The van der Waals surface area contributed by atoms with Crippen molar-refractivity contribution in [3.63, 3.8) is 0 Å². The Morgan fingerprint density at radius 1 is 1.36 bits per heavy atom. The van der Waals surface area contributed by atoms with Gasteiger partial charge in [-0.1, -0.05) is 18.2 Å². The summed E-state index contributed by atoms with van der Waals surface area (Å²) in [6.45, 7) is 0. The Morgan fingerprint density at radius 2 is 2.00 bits per heavy atom. The van der Waals surface area contributed by atoms with Gasteiger partial charge in [0.2, 0.25) is 0 Å². The van der Waals surface area contributed by atoms with Crippen LogP contribution in [0, 0.1) is 5.82 Å². The van der Waals surface area contributed by atoms with Gasteiger partial charge in [-0.2, -0.15) is 0 Å². The third-order valence-electron chi connectivity index (χ3n) is 1.32. The highest BCUT2D eigenvalue weighted by molar-refractivity contribution is 5.18. The topological polar surface area (TPSA) is 38.0 Å². The second-order valence-electron chi connectivity index (χ2n) is 2.05. The molecule has 0 heterocycles. The molecule has 1 aromatic carbocycles. The molecular weight excluding hydrogens is 150 g/mol. The van der Waals surface area contributed by atoms with Crippen LogP contribution in [0.3, 0.4) is 0 Å². The maximum Gasteiger partial charge on any atom is 0.191 e. The standard InChI is InChI=1S/C7H8F2N2/c8-6-4-2-1-3-5(6)7(9)11-10/h1-4,7,11H,10H2. The summed E-state index contributed by atoms with van der Waals surface area (Å²) in [5.41, 5.74) is 1.74. The highest BCUT2D eigenvalue weighted by Gasteiger charge is 2.10. The SMILES string of the molecule is NNC(F)c1ccccc1F. The molecule has 1 atom stereocenters. The van der Waals surface area contributed by atoms with Crippen molar-refractivity contribution in [2.45, 2.75) is 6.30 Å². The van der Waals surface area contributed by atoms with Crippen molar-refractivity contribution in [3.05, 3.63) is 35.6 Å². The fourth-order valence-electron chi connectivity index (χ4n) is 0.770. The molecule has 0 spiro atoms. The molecule has 0 aliphatic heterocycles. The maximum absolute atomic E-state index is 12.7. The van der Waals surface area contributed by atoms with Crippen molar-refractivity contribution >= 4 is 0 Å². The van der Waals surface area contributed by atoms with Crippen molar-refractivity contribution in [3.8, 4) is 0 Å². The Morgan fingerprint density at radius 3 is 2.55 bits per heavy atom. The zero-order valence-corrected chi connectivity index (χ0v) is 5.72. The minimum absolute atomic E-state index is 0.0741. The quantitative estimate of drug-likeness (QED) is 0.386. The van der Waals surface area contributed by atoms with Crippen LogP contribution in [0.2, 0.25) is 0 Å². The van der Waals surface area contributed by atoms with Gasteiger partial charge in [0.1, 0.15) is 5.82 Å². The van der Waals surface area contributed by atoms with E-state index in [0.29, 0.717) is 0 Å². The van der Waals surface area contributed by atoms with Crippen LogP contribution in [0.5, 0.6) is 0 Å². The minimum Gasteiger partial charge on any atom is -0.269 e. The number of nitrogens with one attached hydrogen (secondary N) is 1. The minimum atomic E-state index is -1.64. The third-order valence-corrected chi connectivity index (χ3v) is 1.32. The van der Waals surface area contributed by atoms with E-state index in [9.17, 15) is 8.78 Å². The summed E-state index contributed by atoms with van der Waals surface area (Å²) in [5, 5.41) is 0. The molecule has 0 aliphatic carbocycles. The molecule has 60 valence electrons. The first-order valence-electron chi connectivity index (χ1n) is 3.10. The van der Waals surface area contributed by atoms with Gasteiger partial charge in [0.05, 0.1) is 0 Å². The number of rotatable bonds is 2. The Kier molecular flexibility index (Phi) is 2.51. The lowest BCUT2D eigenvalue weighted by atomic mass is 10.2. The molecule has 1 aromatic rings. The first-order valence-corrected chi connectivity index (χ1v) is 3.10. The van der Waals surface area contributed by atoms with E-state index in [1.807, 2.05) is 5.43 Å².